The Morgan fingerprint density at radius 3 is 1.53 bits per heavy atom. The number of nitrogens with zero attached hydrogens (tertiary/aromatic N) is 2. The molecule has 0 aliphatic heterocycles. The molecule has 34 heavy (non-hydrogen) atoms. The largest absolute Gasteiger partial charge is 0.497 e. The van der Waals surface area contributed by atoms with E-state index in [-0.39, 0.29) is 13.2 Å². The molecule has 0 N–H and O–H groups in total. The van der Waals surface area contributed by atoms with Crippen LogP contribution in [0.2, 0.25) is 0 Å². The molecule has 0 bridgehead atoms. The Bertz CT molecular complexity index is 1230. The van der Waals surface area contributed by atoms with E-state index in [4.69, 9.17) is 18.9 Å². The van der Waals surface area contributed by atoms with Crippen LogP contribution in [0.1, 0.15) is 33.6 Å². The fourth-order valence-electron chi connectivity index (χ4n) is 3.55. The summed E-state index contributed by atoms with van der Waals surface area (Å²) in [5.74, 6) is 0.401. The highest BCUT2D eigenvalue weighted by atomic mass is 16.5. The van der Waals surface area contributed by atoms with Crippen LogP contribution in [0.3, 0.4) is 0 Å². The standard InChI is InChI=1S/C26H24N2O6/c1-31-17-5-7-23-21(15-17)19(9-11-27-23)25(29)33-13-3-4-14-34-26(30)20-10-12-28-24-8-6-18(32-2)16-22(20)24/h5-12,15-16H,3-4,13-14H2,1-2H3. The second kappa shape index (κ2) is 10.6. The SMILES string of the molecule is COc1ccc2nccc(C(=O)OCCCCOC(=O)c3ccnc4ccc(OC)cc34)c2c1. The third-order valence-electron chi connectivity index (χ3n) is 5.34. The first-order valence-corrected chi connectivity index (χ1v) is 10.8. The predicted molar refractivity (Wildman–Crippen MR) is 126 cm³/mol. The lowest BCUT2D eigenvalue weighted by atomic mass is 10.1. The minimum atomic E-state index is -0.435. The smallest absolute Gasteiger partial charge is 0.338 e. The van der Waals surface area contributed by atoms with Gasteiger partial charge in [-0.3, -0.25) is 9.97 Å². The summed E-state index contributed by atoms with van der Waals surface area (Å²) in [6.07, 6.45) is 4.25. The molecule has 0 unspecified atom stereocenters. The Balaban J connectivity index is 1.28. The number of rotatable bonds is 9. The first-order chi connectivity index (χ1) is 16.6. The van der Waals surface area contributed by atoms with Crippen molar-refractivity contribution in [3.05, 3.63) is 72.1 Å². The summed E-state index contributed by atoms with van der Waals surface area (Å²) < 4.78 is 21.3. The van der Waals surface area contributed by atoms with E-state index in [2.05, 4.69) is 9.97 Å². The quantitative estimate of drug-likeness (QED) is 0.264. The highest BCUT2D eigenvalue weighted by Crippen LogP contribution is 2.24. The Kier molecular flexibility index (Phi) is 7.17. The normalized spacial score (nSPS) is 10.8. The molecule has 2 aromatic heterocycles. The number of benzene rings is 2. The minimum Gasteiger partial charge on any atom is -0.497 e. The molecule has 4 aromatic rings. The van der Waals surface area contributed by atoms with E-state index < -0.39 is 11.9 Å². The van der Waals surface area contributed by atoms with Crippen LogP contribution in [0.5, 0.6) is 11.5 Å². The number of hydrogen-bond donors (Lipinski definition) is 0. The Labute approximate surface area is 196 Å². The van der Waals surface area contributed by atoms with Crippen LogP contribution in [0, 0.1) is 0 Å². The molecule has 0 spiro atoms. The van der Waals surface area contributed by atoms with Crippen LogP contribution in [0.4, 0.5) is 0 Å². The van der Waals surface area contributed by atoms with Crippen molar-refractivity contribution in [3.8, 4) is 11.5 Å². The van der Waals surface area contributed by atoms with Crippen LogP contribution in [-0.2, 0) is 9.47 Å². The predicted octanol–water partition coefficient (Wildman–Crippen LogP) is 4.59. The maximum Gasteiger partial charge on any atom is 0.338 e. The summed E-state index contributed by atoms with van der Waals surface area (Å²) in [6.45, 7) is 0.416. The monoisotopic (exact) mass is 460 g/mol. The Morgan fingerprint density at radius 1 is 0.676 bits per heavy atom. The van der Waals surface area contributed by atoms with Crippen molar-refractivity contribution in [3.63, 3.8) is 0 Å². The van der Waals surface area contributed by atoms with Gasteiger partial charge in [-0.15, -0.1) is 0 Å². The molecule has 0 amide bonds. The number of methoxy groups -OCH3 is 2. The van der Waals surface area contributed by atoms with E-state index in [1.165, 1.54) is 0 Å². The Hall–Kier alpha value is -4.20. The zero-order chi connectivity index (χ0) is 23.9. The van der Waals surface area contributed by atoms with Gasteiger partial charge in [-0.05, 0) is 61.4 Å². The maximum absolute atomic E-state index is 12.6. The fraction of sp³-hybridized carbons (Fsp3) is 0.231. The zero-order valence-electron chi connectivity index (χ0n) is 18.9. The van der Waals surface area contributed by atoms with Crippen molar-refractivity contribution >= 4 is 33.7 Å². The van der Waals surface area contributed by atoms with E-state index >= 15 is 0 Å². The van der Waals surface area contributed by atoms with Crippen molar-refractivity contribution in [2.75, 3.05) is 27.4 Å². The lowest BCUT2D eigenvalue weighted by Gasteiger charge is -2.10. The first-order valence-electron chi connectivity index (χ1n) is 10.8. The van der Waals surface area contributed by atoms with Gasteiger partial charge in [0.1, 0.15) is 11.5 Å². The number of pyridine rings is 2. The second-order valence-electron chi connectivity index (χ2n) is 7.46. The van der Waals surface area contributed by atoms with Crippen LogP contribution >= 0.6 is 0 Å². The van der Waals surface area contributed by atoms with Crippen LogP contribution in [0.15, 0.2) is 60.9 Å². The number of carbonyl (C=O) groups is 2. The number of esters is 2. The van der Waals surface area contributed by atoms with Gasteiger partial charge in [0, 0.05) is 23.2 Å². The van der Waals surface area contributed by atoms with Crippen molar-refractivity contribution in [2.24, 2.45) is 0 Å². The average Bonchev–Trinajstić information content (AvgIpc) is 2.88. The van der Waals surface area contributed by atoms with Gasteiger partial charge >= 0.3 is 11.9 Å². The number of hydrogen-bond acceptors (Lipinski definition) is 8. The fourth-order valence-corrected chi connectivity index (χ4v) is 3.55. The van der Waals surface area contributed by atoms with Crippen molar-refractivity contribution in [1.82, 2.24) is 9.97 Å². The topological polar surface area (TPSA) is 96.8 Å². The summed E-state index contributed by atoms with van der Waals surface area (Å²) in [4.78, 5) is 33.7. The lowest BCUT2D eigenvalue weighted by molar-refractivity contribution is 0.0434. The highest BCUT2D eigenvalue weighted by Gasteiger charge is 2.14. The molecule has 2 aromatic carbocycles. The van der Waals surface area contributed by atoms with Crippen LogP contribution in [-0.4, -0.2) is 49.3 Å². The number of unbranched alkanes of at least 4 members (excludes halogenated alkanes) is 1. The summed E-state index contributed by atoms with van der Waals surface area (Å²) in [5.41, 5.74) is 2.22. The van der Waals surface area contributed by atoms with Crippen molar-refractivity contribution in [1.29, 1.82) is 0 Å². The molecule has 2 heterocycles. The van der Waals surface area contributed by atoms with Crippen LogP contribution < -0.4 is 9.47 Å². The highest BCUT2D eigenvalue weighted by molar-refractivity contribution is 6.04. The van der Waals surface area contributed by atoms with Crippen molar-refractivity contribution < 1.29 is 28.5 Å². The summed E-state index contributed by atoms with van der Waals surface area (Å²) in [5, 5.41) is 1.34. The van der Waals surface area contributed by atoms with Gasteiger partial charge in [0.2, 0.25) is 0 Å². The maximum atomic E-state index is 12.6. The molecule has 0 radical (unpaired) electrons. The molecular formula is C26H24N2O6. The van der Waals surface area contributed by atoms with Gasteiger partial charge in [0.05, 0.1) is 49.6 Å². The molecule has 0 saturated heterocycles. The minimum absolute atomic E-state index is 0.208. The number of carbonyl (C=O) groups excluding carboxylic acids is 2. The molecule has 0 saturated carbocycles. The third-order valence-corrected chi connectivity index (χ3v) is 5.34. The van der Waals surface area contributed by atoms with Crippen molar-refractivity contribution in [2.45, 2.75) is 12.8 Å². The Morgan fingerprint density at radius 2 is 1.12 bits per heavy atom. The molecule has 0 fully saturated rings. The molecular weight excluding hydrogens is 436 g/mol. The van der Waals surface area contributed by atoms with Gasteiger partial charge in [-0.2, -0.15) is 0 Å². The second-order valence-corrected chi connectivity index (χ2v) is 7.46. The summed E-state index contributed by atoms with van der Waals surface area (Å²) in [6, 6.07) is 13.9. The van der Waals surface area contributed by atoms with Gasteiger partial charge < -0.3 is 18.9 Å². The number of ether oxygens (including phenoxy) is 4. The number of fused-ring (bicyclic) bond motifs is 2. The third kappa shape index (κ3) is 5.06. The van der Waals surface area contributed by atoms with Gasteiger partial charge in [-0.25, -0.2) is 9.59 Å². The van der Waals surface area contributed by atoms with E-state index in [9.17, 15) is 9.59 Å². The molecule has 8 nitrogen and oxygen atoms in total. The summed E-state index contributed by atoms with van der Waals surface area (Å²) in [7, 11) is 3.13. The molecule has 0 atom stereocenters. The first kappa shape index (κ1) is 23.0. The van der Waals surface area contributed by atoms with Gasteiger partial charge in [0.15, 0.2) is 0 Å². The summed E-state index contributed by atoms with van der Waals surface area (Å²) >= 11 is 0. The van der Waals surface area contributed by atoms with Gasteiger partial charge in [0.25, 0.3) is 0 Å². The lowest BCUT2D eigenvalue weighted by Crippen LogP contribution is -2.10. The molecule has 4 rings (SSSR count). The van der Waals surface area contributed by atoms with Crippen LogP contribution in [0.25, 0.3) is 21.8 Å². The zero-order valence-corrected chi connectivity index (χ0v) is 18.9. The molecule has 0 aliphatic carbocycles. The van der Waals surface area contributed by atoms with E-state index in [1.54, 1.807) is 75.1 Å². The van der Waals surface area contributed by atoms with E-state index in [0.717, 1.165) is 0 Å². The van der Waals surface area contributed by atoms with Gasteiger partial charge in [-0.1, -0.05) is 0 Å². The molecule has 0 aliphatic rings. The van der Waals surface area contributed by atoms with E-state index in [0.29, 0.717) is 57.3 Å². The average molecular weight is 460 g/mol. The van der Waals surface area contributed by atoms with E-state index in [1.807, 2.05) is 0 Å². The molecule has 174 valence electrons. The number of aromatic nitrogens is 2. The molecule has 8 heteroatoms.